The molecule has 10 rings (SSSR count). The third-order valence-corrected chi connectivity index (χ3v) is 11.1. The zero-order valence-corrected chi connectivity index (χ0v) is 29.7. The Balaban J connectivity index is 1.12. The van der Waals surface area contributed by atoms with Gasteiger partial charge < -0.3 is 0 Å². The van der Waals surface area contributed by atoms with Gasteiger partial charge in [0.2, 0.25) is 0 Å². The van der Waals surface area contributed by atoms with Crippen molar-refractivity contribution in [2.24, 2.45) is 0 Å². The van der Waals surface area contributed by atoms with E-state index in [1.165, 1.54) is 61.2 Å². The van der Waals surface area contributed by atoms with Crippen molar-refractivity contribution in [3.05, 3.63) is 218 Å². The molecule has 6 aromatic carbocycles. The molecule has 2 heterocycles. The number of fused-ring (bicyclic) bond motifs is 6. The summed E-state index contributed by atoms with van der Waals surface area (Å²) in [6, 6.07) is 57.6. The van der Waals surface area contributed by atoms with Gasteiger partial charge in [0.25, 0.3) is 0 Å². The first kappa shape index (κ1) is 31.8. The highest BCUT2D eigenvalue weighted by molar-refractivity contribution is 5.97. The predicted octanol–water partition coefficient (Wildman–Crippen LogP) is 13.5. The number of benzene rings is 6. The molecule has 2 nitrogen and oxygen atoms in total. The first-order chi connectivity index (χ1) is 26.8. The highest BCUT2D eigenvalue weighted by Crippen LogP contribution is 2.51. The van der Waals surface area contributed by atoms with Crippen molar-refractivity contribution in [2.45, 2.75) is 11.8 Å². The zero-order valence-electron chi connectivity index (χ0n) is 29.7. The van der Waals surface area contributed by atoms with E-state index in [9.17, 15) is 0 Å². The summed E-state index contributed by atoms with van der Waals surface area (Å²) in [5.74, 6) is 0.655. The molecule has 8 aromatic rings. The van der Waals surface area contributed by atoms with Gasteiger partial charge in [-0.3, -0.25) is 9.97 Å². The van der Waals surface area contributed by atoms with Crippen LogP contribution >= 0.6 is 0 Å². The van der Waals surface area contributed by atoms with Gasteiger partial charge in [0.15, 0.2) is 0 Å². The van der Waals surface area contributed by atoms with Gasteiger partial charge in [0.1, 0.15) is 0 Å². The molecule has 0 aliphatic heterocycles. The normalized spacial score (nSPS) is 15.3. The second-order valence-corrected chi connectivity index (χ2v) is 14.1. The van der Waals surface area contributed by atoms with Gasteiger partial charge in [-0.15, -0.1) is 0 Å². The molecule has 2 aliphatic rings. The highest BCUT2D eigenvalue weighted by Gasteiger charge is 2.32. The van der Waals surface area contributed by atoms with Crippen molar-refractivity contribution in [1.29, 1.82) is 0 Å². The van der Waals surface area contributed by atoms with E-state index < -0.39 is 0 Å². The van der Waals surface area contributed by atoms with Crippen LogP contribution < -0.4 is 0 Å². The van der Waals surface area contributed by atoms with Crippen molar-refractivity contribution in [3.63, 3.8) is 0 Å². The fraction of sp³-hybridized carbons (Fsp3) is 0.0385. The molecule has 0 amide bonds. The first-order valence-electron chi connectivity index (χ1n) is 18.6. The molecule has 54 heavy (non-hydrogen) atoms. The van der Waals surface area contributed by atoms with Gasteiger partial charge in [-0.2, -0.15) is 0 Å². The van der Waals surface area contributed by atoms with Gasteiger partial charge >= 0.3 is 0 Å². The number of hydrogen-bond donors (Lipinski definition) is 0. The maximum absolute atomic E-state index is 4.44. The predicted molar refractivity (Wildman–Crippen MR) is 224 cm³/mol. The van der Waals surface area contributed by atoms with Crippen LogP contribution in [0.1, 0.15) is 23.0 Å². The molecule has 0 spiro atoms. The molecule has 2 heteroatoms. The van der Waals surface area contributed by atoms with Crippen molar-refractivity contribution < 1.29 is 0 Å². The van der Waals surface area contributed by atoms with E-state index in [-0.39, 0.29) is 0 Å². The summed E-state index contributed by atoms with van der Waals surface area (Å²) in [4.78, 5) is 8.89. The number of allylic oxidation sites excluding steroid dienone is 4. The largest absolute Gasteiger partial charge is 0.264 e. The van der Waals surface area contributed by atoms with Gasteiger partial charge in [-0.1, -0.05) is 146 Å². The molecule has 2 atom stereocenters. The number of rotatable bonds is 6. The van der Waals surface area contributed by atoms with Crippen LogP contribution in [0.3, 0.4) is 0 Å². The molecule has 0 fully saturated rings. The fourth-order valence-electron chi connectivity index (χ4n) is 8.56. The Bertz CT molecular complexity index is 2670. The van der Waals surface area contributed by atoms with Gasteiger partial charge in [0.05, 0.1) is 0 Å². The minimum absolute atomic E-state index is 0.310. The standard InChI is InChI=1S/C52H36N2/c1-3-17-43(41(15-1)35-25-26-51-49-23-8-7-21-47(49)48-22-9-10-24-50(48)52(51)32-35)45-19-5-6-20-46(45)44-18-4-2-16-42(44)40-30-38(36-13-11-27-53-33-36)29-39(31-40)37-14-12-28-54-34-37/h1-34,48,50H. The number of nitrogens with zero attached hydrogens (tertiary/aromatic N) is 2. The molecule has 0 N–H and O–H groups in total. The maximum atomic E-state index is 4.44. The molecular weight excluding hydrogens is 653 g/mol. The lowest BCUT2D eigenvalue weighted by atomic mass is 9.69. The van der Waals surface area contributed by atoms with Crippen LogP contribution in [0.15, 0.2) is 207 Å². The van der Waals surface area contributed by atoms with Crippen LogP contribution in [0.25, 0.3) is 77.9 Å². The van der Waals surface area contributed by atoms with Crippen LogP contribution in [-0.4, -0.2) is 9.97 Å². The lowest BCUT2D eigenvalue weighted by Crippen LogP contribution is -2.16. The molecule has 2 aromatic heterocycles. The molecule has 0 radical (unpaired) electrons. The van der Waals surface area contributed by atoms with Crippen molar-refractivity contribution >= 4 is 0 Å². The van der Waals surface area contributed by atoms with E-state index >= 15 is 0 Å². The second kappa shape index (κ2) is 13.6. The van der Waals surface area contributed by atoms with Crippen LogP contribution in [0.2, 0.25) is 0 Å². The lowest BCUT2D eigenvalue weighted by Gasteiger charge is -2.34. The van der Waals surface area contributed by atoms with E-state index in [4.69, 9.17) is 0 Å². The van der Waals surface area contributed by atoms with E-state index in [0.717, 1.165) is 27.8 Å². The SMILES string of the molecule is C1=CC2c3ccccc3-c3ccc(-c4ccccc4-c4ccccc4-c4ccccc4-c4cc(-c5cccnc5)cc(-c5cccnc5)c4)cc3C2C=C1. The maximum Gasteiger partial charge on any atom is 0.0346 e. The summed E-state index contributed by atoms with van der Waals surface area (Å²) in [5.41, 5.74) is 19.5. The van der Waals surface area contributed by atoms with Crippen molar-refractivity contribution in [3.8, 4) is 77.9 Å². The Morgan fingerprint density at radius 3 is 1.30 bits per heavy atom. The molecular formula is C52H36N2. The molecule has 0 bridgehead atoms. The smallest absolute Gasteiger partial charge is 0.0346 e. The fourth-order valence-corrected chi connectivity index (χ4v) is 8.56. The Morgan fingerprint density at radius 2 is 0.741 bits per heavy atom. The Labute approximate surface area is 316 Å². The molecule has 2 aliphatic carbocycles. The topological polar surface area (TPSA) is 25.8 Å². The number of hydrogen-bond acceptors (Lipinski definition) is 2. The van der Waals surface area contributed by atoms with Crippen LogP contribution in [-0.2, 0) is 0 Å². The molecule has 0 saturated heterocycles. The Hall–Kier alpha value is -6.90. The Kier molecular flexibility index (Phi) is 8.00. The van der Waals surface area contributed by atoms with Gasteiger partial charge in [0, 0.05) is 47.8 Å². The van der Waals surface area contributed by atoms with E-state index in [2.05, 4.69) is 180 Å². The minimum atomic E-state index is 0.310. The summed E-state index contributed by atoms with van der Waals surface area (Å²) in [6.07, 6.45) is 16.7. The Morgan fingerprint density at radius 1 is 0.296 bits per heavy atom. The minimum Gasteiger partial charge on any atom is -0.264 e. The third-order valence-electron chi connectivity index (χ3n) is 11.1. The van der Waals surface area contributed by atoms with Crippen molar-refractivity contribution in [2.75, 3.05) is 0 Å². The monoisotopic (exact) mass is 688 g/mol. The first-order valence-corrected chi connectivity index (χ1v) is 18.6. The average molecular weight is 689 g/mol. The summed E-state index contributed by atoms with van der Waals surface area (Å²) < 4.78 is 0. The van der Waals surface area contributed by atoms with E-state index in [1.807, 2.05) is 36.9 Å². The highest BCUT2D eigenvalue weighted by atomic mass is 14.6. The summed E-state index contributed by atoms with van der Waals surface area (Å²) in [7, 11) is 0. The second-order valence-electron chi connectivity index (χ2n) is 14.1. The number of pyridine rings is 2. The van der Waals surface area contributed by atoms with Gasteiger partial charge in [-0.05, 0) is 114 Å². The van der Waals surface area contributed by atoms with Crippen molar-refractivity contribution in [1.82, 2.24) is 9.97 Å². The summed E-state index contributed by atoms with van der Waals surface area (Å²) in [6.45, 7) is 0. The van der Waals surface area contributed by atoms with Crippen LogP contribution in [0.4, 0.5) is 0 Å². The van der Waals surface area contributed by atoms with Crippen LogP contribution in [0.5, 0.6) is 0 Å². The van der Waals surface area contributed by atoms with E-state index in [0.29, 0.717) is 11.8 Å². The van der Waals surface area contributed by atoms with Crippen LogP contribution in [0, 0.1) is 0 Å². The molecule has 254 valence electrons. The molecule has 2 unspecified atom stereocenters. The van der Waals surface area contributed by atoms with Gasteiger partial charge in [-0.25, -0.2) is 0 Å². The quantitative estimate of drug-likeness (QED) is 0.174. The third kappa shape index (κ3) is 5.60. The summed E-state index contributed by atoms with van der Waals surface area (Å²) in [5, 5.41) is 0. The zero-order chi connectivity index (χ0) is 35.8. The lowest BCUT2D eigenvalue weighted by molar-refractivity contribution is 0.720. The molecule has 0 saturated carbocycles. The average Bonchev–Trinajstić information content (AvgIpc) is 3.27. The van der Waals surface area contributed by atoms with E-state index in [1.54, 1.807) is 0 Å². The number of aromatic nitrogens is 2. The summed E-state index contributed by atoms with van der Waals surface area (Å²) >= 11 is 0.